The SMILES string of the molecule is Cc1cc2cc(C(=O)c3ccc(O)cc3)sc2n1CCC1CCOCC1. The summed E-state index contributed by atoms with van der Waals surface area (Å²) in [6.45, 7) is 4.90. The van der Waals surface area contributed by atoms with Gasteiger partial charge in [0.15, 0.2) is 0 Å². The molecule has 5 heteroatoms. The number of phenolic OH excluding ortho intramolecular Hbond substituents is 1. The summed E-state index contributed by atoms with van der Waals surface area (Å²) in [7, 11) is 0. The number of ether oxygens (including phenoxy) is 1. The molecular weight excluding hydrogens is 346 g/mol. The molecule has 0 atom stereocenters. The molecule has 1 aliphatic rings. The number of fused-ring (bicyclic) bond motifs is 1. The van der Waals surface area contributed by atoms with Crippen molar-refractivity contribution < 1.29 is 14.6 Å². The maximum atomic E-state index is 12.7. The minimum Gasteiger partial charge on any atom is -0.508 e. The van der Waals surface area contributed by atoms with E-state index in [0.717, 1.165) is 55.2 Å². The van der Waals surface area contributed by atoms with Crippen LogP contribution in [0.2, 0.25) is 0 Å². The molecule has 1 aliphatic heterocycles. The molecule has 0 unspecified atom stereocenters. The summed E-state index contributed by atoms with van der Waals surface area (Å²) >= 11 is 1.56. The molecule has 0 spiro atoms. The van der Waals surface area contributed by atoms with Gasteiger partial charge in [-0.1, -0.05) is 0 Å². The molecule has 0 aliphatic carbocycles. The van der Waals surface area contributed by atoms with E-state index in [0.29, 0.717) is 5.56 Å². The van der Waals surface area contributed by atoms with Crippen LogP contribution in [0.15, 0.2) is 36.4 Å². The van der Waals surface area contributed by atoms with Gasteiger partial charge in [0.25, 0.3) is 0 Å². The van der Waals surface area contributed by atoms with Gasteiger partial charge < -0.3 is 14.4 Å². The highest BCUT2D eigenvalue weighted by molar-refractivity contribution is 7.20. The second-order valence-corrected chi connectivity index (χ2v) is 8.06. The first-order valence-electron chi connectivity index (χ1n) is 9.13. The van der Waals surface area contributed by atoms with Crippen molar-refractivity contribution in [3.05, 3.63) is 52.5 Å². The van der Waals surface area contributed by atoms with Crippen LogP contribution in [-0.4, -0.2) is 28.7 Å². The molecule has 4 nitrogen and oxygen atoms in total. The van der Waals surface area contributed by atoms with Crippen LogP contribution in [0, 0.1) is 12.8 Å². The van der Waals surface area contributed by atoms with E-state index in [1.165, 1.54) is 10.5 Å². The van der Waals surface area contributed by atoms with Crippen molar-refractivity contribution in [3.8, 4) is 5.75 Å². The molecule has 1 aromatic carbocycles. The molecule has 4 rings (SSSR count). The van der Waals surface area contributed by atoms with Crippen molar-refractivity contribution in [1.82, 2.24) is 4.57 Å². The average molecular weight is 369 g/mol. The highest BCUT2D eigenvalue weighted by Crippen LogP contribution is 2.32. The van der Waals surface area contributed by atoms with Gasteiger partial charge in [-0.3, -0.25) is 4.79 Å². The summed E-state index contributed by atoms with van der Waals surface area (Å²) in [5.41, 5.74) is 1.86. The summed E-state index contributed by atoms with van der Waals surface area (Å²) in [5, 5.41) is 10.5. The van der Waals surface area contributed by atoms with Crippen molar-refractivity contribution in [2.24, 2.45) is 5.92 Å². The van der Waals surface area contributed by atoms with E-state index in [-0.39, 0.29) is 11.5 Å². The molecule has 3 heterocycles. The second kappa shape index (κ2) is 7.25. The zero-order valence-electron chi connectivity index (χ0n) is 14.9. The summed E-state index contributed by atoms with van der Waals surface area (Å²) in [5.74, 6) is 0.923. The molecule has 0 amide bonds. The van der Waals surface area contributed by atoms with Gasteiger partial charge >= 0.3 is 0 Å². The number of carbonyl (C=O) groups is 1. The number of hydrogen-bond acceptors (Lipinski definition) is 4. The van der Waals surface area contributed by atoms with Gasteiger partial charge in [-0.2, -0.15) is 0 Å². The van der Waals surface area contributed by atoms with E-state index in [4.69, 9.17) is 4.74 Å². The Balaban J connectivity index is 1.56. The first-order chi connectivity index (χ1) is 12.6. The lowest BCUT2D eigenvalue weighted by Gasteiger charge is -2.22. The van der Waals surface area contributed by atoms with Crippen molar-refractivity contribution in [2.45, 2.75) is 32.7 Å². The fraction of sp³-hybridized carbons (Fsp3) is 0.381. The maximum Gasteiger partial charge on any atom is 0.203 e. The lowest BCUT2D eigenvalue weighted by atomic mass is 9.97. The lowest BCUT2D eigenvalue weighted by Crippen LogP contribution is -2.17. The van der Waals surface area contributed by atoms with Gasteiger partial charge in [0.1, 0.15) is 10.6 Å². The lowest BCUT2D eigenvalue weighted by molar-refractivity contribution is 0.0627. The van der Waals surface area contributed by atoms with Gasteiger partial charge in [-0.15, -0.1) is 11.3 Å². The molecule has 136 valence electrons. The summed E-state index contributed by atoms with van der Waals surface area (Å²) in [6.07, 6.45) is 3.46. The molecule has 2 aromatic heterocycles. The largest absolute Gasteiger partial charge is 0.508 e. The fourth-order valence-corrected chi connectivity index (χ4v) is 4.85. The van der Waals surface area contributed by atoms with E-state index >= 15 is 0 Å². The predicted molar refractivity (Wildman–Crippen MR) is 104 cm³/mol. The Bertz CT molecular complexity index is 917. The summed E-state index contributed by atoms with van der Waals surface area (Å²) < 4.78 is 7.80. The minimum atomic E-state index is 0.0137. The third-order valence-corrected chi connectivity index (χ3v) is 6.40. The number of carbonyl (C=O) groups excluding carboxylic acids is 1. The number of thiophene rings is 1. The Morgan fingerprint density at radius 1 is 1.23 bits per heavy atom. The number of aromatic nitrogens is 1. The predicted octanol–water partition coefficient (Wildman–Crippen LogP) is 4.76. The van der Waals surface area contributed by atoms with E-state index in [2.05, 4.69) is 17.6 Å². The monoisotopic (exact) mass is 369 g/mol. The quantitative estimate of drug-likeness (QED) is 0.660. The molecule has 1 fully saturated rings. The van der Waals surface area contributed by atoms with Gasteiger partial charge in [0.05, 0.1) is 4.88 Å². The Labute approximate surface area is 157 Å². The first kappa shape index (κ1) is 17.3. The fourth-order valence-electron chi connectivity index (χ4n) is 3.66. The van der Waals surface area contributed by atoms with Gasteiger partial charge in [0, 0.05) is 36.4 Å². The Morgan fingerprint density at radius 2 is 1.96 bits per heavy atom. The topological polar surface area (TPSA) is 51.5 Å². The van der Waals surface area contributed by atoms with E-state index < -0.39 is 0 Å². The number of nitrogens with zero attached hydrogens (tertiary/aromatic N) is 1. The van der Waals surface area contributed by atoms with Crippen LogP contribution in [0.3, 0.4) is 0 Å². The van der Waals surface area contributed by atoms with E-state index in [1.54, 1.807) is 35.6 Å². The molecule has 26 heavy (non-hydrogen) atoms. The van der Waals surface area contributed by atoms with Gasteiger partial charge in [-0.25, -0.2) is 0 Å². The molecular formula is C21H23NO3S. The molecule has 0 bridgehead atoms. The Morgan fingerprint density at radius 3 is 2.69 bits per heavy atom. The highest BCUT2D eigenvalue weighted by atomic mass is 32.1. The summed E-state index contributed by atoms with van der Waals surface area (Å²) in [4.78, 5) is 14.7. The number of aromatic hydroxyl groups is 1. The highest BCUT2D eigenvalue weighted by Gasteiger charge is 2.18. The van der Waals surface area contributed by atoms with Crippen LogP contribution < -0.4 is 0 Å². The Hall–Kier alpha value is -2.11. The van der Waals surface area contributed by atoms with E-state index in [1.807, 2.05) is 6.07 Å². The third kappa shape index (κ3) is 3.41. The van der Waals surface area contributed by atoms with Crippen LogP contribution in [0.4, 0.5) is 0 Å². The maximum absolute atomic E-state index is 12.7. The molecule has 0 saturated carbocycles. The molecule has 1 saturated heterocycles. The zero-order chi connectivity index (χ0) is 18.1. The number of ketones is 1. The van der Waals surface area contributed by atoms with Crippen molar-refractivity contribution in [2.75, 3.05) is 13.2 Å². The van der Waals surface area contributed by atoms with Crippen LogP contribution in [-0.2, 0) is 11.3 Å². The molecule has 1 N–H and O–H groups in total. The average Bonchev–Trinajstić information content (AvgIpc) is 3.18. The first-order valence-corrected chi connectivity index (χ1v) is 9.94. The van der Waals surface area contributed by atoms with Crippen molar-refractivity contribution in [3.63, 3.8) is 0 Å². The smallest absolute Gasteiger partial charge is 0.203 e. The molecule has 0 radical (unpaired) electrons. The number of rotatable bonds is 5. The summed E-state index contributed by atoms with van der Waals surface area (Å²) in [6, 6.07) is 10.6. The number of aryl methyl sites for hydroxylation is 2. The zero-order valence-corrected chi connectivity index (χ0v) is 15.7. The minimum absolute atomic E-state index is 0.0137. The molecule has 3 aromatic rings. The van der Waals surface area contributed by atoms with Gasteiger partial charge in [-0.05, 0) is 68.5 Å². The second-order valence-electron chi connectivity index (χ2n) is 7.03. The number of benzene rings is 1. The third-order valence-electron chi connectivity index (χ3n) is 5.23. The van der Waals surface area contributed by atoms with E-state index in [9.17, 15) is 9.90 Å². The van der Waals surface area contributed by atoms with Crippen LogP contribution in [0.1, 0.15) is 40.2 Å². The van der Waals surface area contributed by atoms with Crippen molar-refractivity contribution >= 4 is 27.3 Å². The number of hydrogen-bond donors (Lipinski definition) is 1. The van der Waals surface area contributed by atoms with Gasteiger partial charge in [0.2, 0.25) is 5.78 Å². The standard InChI is InChI=1S/C21H23NO3S/c1-14-12-17-13-19(20(24)16-2-4-18(23)5-3-16)26-21(17)22(14)9-6-15-7-10-25-11-8-15/h2-5,12-13,15,23H,6-11H2,1H3. The number of phenols is 1. The Kier molecular flexibility index (Phi) is 4.83. The van der Waals surface area contributed by atoms with Crippen LogP contribution >= 0.6 is 11.3 Å². The van der Waals surface area contributed by atoms with Crippen molar-refractivity contribution in [1.29, 1.82) is 0 Å². The van der Waals surface area contributed by atoms with Crippen LogP contribution in [0.25, 0.3) is 10.2 Å². The normalized spacial score (nSPS) is 15.6. The van der Waals surface area contributed by atoms with Crippen LogP contribution in [0.5, 0.6) is 5.75 Å².